The molecule has 30 heavy (non-hydrogen) atoms. The summed E-state index contributed by atoms with van der Waals surface area (Å²) in [6.07, 6.45) is 4.09. The molecule has 1 atom stereocenters. The van der Waals surface area contributed by atoms with Gasteiger partial charge in [-0.15, -0.1) is 0 Å². The molecule has 6 rings (SSSR count). The van der Waals surface area contributed by atoms with E-state index in [1.807, 2.05) is 6.07 Å². The second kappa shape index (κ2) is 6.42. The average Bonchev–Trinajstić information content (AvgIpc) is 3.28. The third-order valence-corrected chi connectivity index (χ3v) is 6.10. The molecular formula is C24H21BN4O. The van der Waals surface area contributed by atoms with E-state index in [9.17, 15) is 0 Å². The molecular weight excluding hydrogens is 371 g/mol. The van der Waals surface area contributed by atoms with Crippen LogP contribution in [0, 0.1) is 0 Å². The maximum atomic E-state index is 6.10. The highest BCUT2D eigenvalue weighted by atomic mass is 16.3. The van der Waals surface area contributed by atoms with Crippen molar-refractivity contribution >= 4 is 47.3 Å². The van der Waals surface area contributed by atoms with E-state index in [2.05, 4.69) is 106 Å². The molecule has 2 aliphatic heterocycles. The molecule has 146 valence electrons. The fourth-order valence-corrected chi connectivity index (χ4v) is 4.76. The normalized spacial score (nSPS) is 17.6. The Hall–Kier alpha value is -3.67. The van der Waals surface area contributed by atoms with Crippen LogP contribution in [0.1, 0.15) is 6.92 Å². The molecule has 6 heteroatoms. The number of fused-ring (bicyclic) bond motifs is 4. The number of aromatic nitrogens is 1. The zero-order valence-electron chi connectivity index (χ0n) is 16.9. The van der Waals surface area contributed by atoms with Gasteiger partial charge in [-0.2, -0.15) is 0 Å². The molecule has 2 aliphatic rings. The van der Waals surface area contributed by atoms with Crippen molar-refractivity contribution in [3.63, 3.8) is 0 Å². The zero-order valence-corrected chi connectivity index (χ0v) is 16.9. The molecule has 0 spiro atoms. The van der Waals surface area contributed by atoms with Crippen molar-refractivity contribution in [2.45, 2.75) is 13.1 Å². The van der Waals surface area contributed by atoms with Crippen molar-refractivity contribution in [3.8, 4) is 0 Å². The molecule has 0 fully saturated rings. The number of anilines is 3. The first-order valence-electron chi connectivity index (χ1n) is 10.2. The van der Waals surface area contributed by atoms with Crippen molar-refractivity contribution in [1.29, 1.82) is 0 Å². The molecule has 0 N–H and O–H groups in total. The molecule has 0 saturated carbocycles. The van der Waals surface area contributed by atoms with Gasteiger partial charge in [0.15, 0.2) is 0 Å². The van der Waals surface area contributed by atoms with Crippen molar-refractivity contribution in [1.82, 2.24) is 9.79 Å². The van der Waals surface area contributed by atoms with Crippen LogP contribution in [-0.4, -0.2) is 30.0 Å². The van der Waals surface area contributed by atoms with Crippen LogP contribution in [0.3, 0.4) is 0 Å². The van der Waals surface area contributed by atoms with Crippen LogP contribution >= 0.6 is 0 Å². The van der Waals surface area contributed by atoms with E-state index < -0.39 is 0 Å². The molecule has 0 amide bonds. The van der Waals surface area contributed by atoms with E-state index in [1.54, 1.807) is 6.20 Å². The molecule has 4 aromatic rings. The van der Waals surface area contributed by atoms with Gasteiger partial charge in [-0.05, 0) is 56.3 Å². The minimum atomic E-state index is 0.0305. The highest BCUT2D eigenvalue weighted by molar-refractivity contribution is 6.75. The highest BCUT2D eigenvalue weighted by Crippen LogP contribution is 2.44. The van der Waals surface area contributed by atoms with Gasteiger partial charge in [-0.1, -0.05) is 30.3 Å². The quantitative estimate of drug-likeness (QED) is 0.489. The van der Waals surface area contributed by atoms with Gasteiger partial charge >= 0.3 is 6.98 Å². The minimum absolute atomic E-state index is 0.0305. The van der Waals surface area contributed by atoms with Crippen LogP contribution in [0.5, 0.6) is 0 Å². The molecule has 0 saturated heterocycles. The topological polar surface area (TPSA) is 35.8 Å². The van der Waals surface area contributed by atoms with E-state index in [4.69, 9.17) is 4.42 Å². The summed E-state index contributed by atoms with van der Waals surface area (Å²) in [6, 6.07) is 23.2. The van der Waals surface area contributed by atoms with Crippen molar-refractivity contribution in [2.75, 3.05) is 16.8 Å². The lowest BCUT2D eigenvalue weighted by molar-refractivity contribution is 0.561. The lowest BCUT2D eigenvalue weighted by Gasteiger charge is -2.37. The standard InChI is InChI=1S/C24H21BN4O/c1-17-28(18-9-4-3-5-10-18)21-12-6-7-13-22(21)29(17)25-15-23-20(16-27(25)2)19-11-8-14-26-24(19)30-23/h3-17H,1-2H3/t17-/m0/s1. The van der Waals surface area contributed by atoms with Crippen molar-refractivity contribution < 1.29 is 4.42 Å². The van der Waals surface area contributed by atoms with E-state index in [0.717, 1.165) is 16.0 Å². The number of nitrogens with zero attached hydrogens (tertiary/aromatic N) is 4. The van der Waals surface area contributed by atoms with Crippen LogP contribution in [0.25, 0.3) is 23.3 Å². The smallest absolute Gasteiger partial charge is 0.408 e. The Morgan fingerprint density at radius 2 is 1.70 bits per heavy atom. The molecule has 0 aliphatic carbocycles. The molecule has 0 bridgehead atoms. The fourth-order valence-electron chi connectivity index (χ4n) is 4.76. The number of benzene rings is 2. The van der Waals surface area contributed by atoms with Crippen LogP contribution in [0.4, 0.5) is 17.1 Å². The first-order valence-corrected chi connectivity index (χ1v) is 10.2. The molecule has 5 nitrogen and oxygen atoms in total. The van der Waals surface area contributed by atoms with Crippen molar-refractivity contribution in [3.05, 3.63) is 83.6 Å². The van der Waals surface area contributed by atoms with Crippen LogP contribution in [0.2, 0.25) is 0 Å². The van der Waals surface area contributed by atoms with Gasteiger partial charge in [0.05, 0.1) is 17.5 Å². The first-order chi connectivity index (χ1) is 14.7. The maximum absolute atomic E-state index is 6.10. The number of para-hydroxylation sites is 3. The number of furan rings is 1. The van der Waals surface area contributed by atoms with Gasteiger partial charge in [-0.25, -0.2) is 4.98 Å². The fraction of sp³-hybridized carbons (Fsp3) is 0.125. The van der Waals surface area contributed by atoms with Gasteiger partial charge in [-0.3, -0.25) is 0 Å². The summed E-state index contributed by atoms with van der Waals surface area (Å²) in [5.74, 6) is 2.21. The van der Waals surface area contributed by atoms with Crippen molar-refractivity contribution in [2.24, 2.45) is 0 Å². The third kappa shape index (κ3) is 2.40. The molecule has 0 radical (unpaired) electrons. The van der Waals surface area contributed by atoms with E-state index in [-0.39, 0.29) is 13.1 Å². The lowest BCUT2D eigenvalue weighted by atomic mass is 9.69. The Morgan fingerprint density at radius 1 is 0.933 bits per heavy atom. The number of hydrogen-bond donors (Lipinski definition) is 0. The Morgan fingerprint density at radius 3 is 2.53 bits per heavy atom. The SMILES string of the molecule is C[C@@H]1N(B2C=c3oc4ncccc4c3=CN2C)c2ccccc2N1c1ccccc1. The summed E-state index contributed by atoms with van der Waals surface area (Å²) in [5, 5.41) is 2.15. The summed E-state index contributed by atoms with van der Waals surface area (Å²) in [6.45, 7) is 2.28. The van der Waals surface area contributed by atoms with Gasteiger partial charge < -0.3 is 18.9 Å². The van der Waals surface area contributed by atoms with Crippen LogP contribution in [-0.2, 0) is 0 Å². The first kappa shape index (κ1) is 17.2. The Kier molecular flexibility index (Phi) is 3.69. The molecule has 2 aromatic heterocycles. The summed E-state index contributed by atoms with van der Waals surface area (Å²) < 4.78 is 6.10. The van der Waals surface area contributed by atoms with Gasteiger partial charge in [0.1, 0.15) is 5.42 Å². The largest absolute Gasteiger partial charge is 0.439 e. The zero-order chi connectivity index (χ0) is 20.2. The third-order valence-electron chi connectivity index (χ3n) is 6.10. The van der Waals surface area contributed by atoms with E-state index >= 15 is 0 Å². The summed E-state index contributed by atoms with van der Waals surface area (Å²) in [4.78, 5) is 11.5. The number of rotatable bonds is 2. The predicted octanol–water partition coefficient (Wildman–Crippen LogP) is 3.32. The second-order valence-electron chi connectivity index (χ2n) is 7.84. The Labute approximate surface area is 175 Å². The average molecular weight is 392 g/mol. The lowest BCUT2D eigenvalue weighted by Crippen LogP contribution is -2.56. The Bertz CT molecular complexity index is 1370. The highest BCUT2D eigenvalue weighted by Gasteiger charge is 2.41. The van der Waals surface area contributed by atoms with Crippen LogP contribution < -0.4 is 20.3 Å². The number of pyridine rings is 1. The molecule has 4 heterocycles. The van der Waals surface area contributed by atoms with Gasteiger partial charge in [0.2, 0.25) is 5.71 Å². The second-order valence-corrected chi connectivity index (χ2v) is 7.84. The minimum Gasteiger partial charge on any atom is -0.439 e. The molecule has 0 unspecified atom stereocenters. The van der Waals surface area contributed by atoms with Gasteiger partial charge in [0, 0.05) is 28.7 Å². The summed E-state index contributed by atoms with van der Waals surface area (Å²) in [5.41, 5.74) is 5.19. The van der Waals surface area contributed by atoms with E-state index in [1.165, 1.54) is 17.1 Å². The monoisotopic (exact) mass is 392 g/mol. The van der Waals surface area contributed by atoms with Crippen LogP contribution in [0.15, 0.2) is 77.3 Å². The maximum Gasteiger partial charge on any atom is 0.408 e. The summed E-state index contributed by atoms with van der Waals surface area (Å²) >= 11 is 0. The summed E-state index contributed by atoms with van der Waals surface area (Å²) in [7, 11) is 2.12. The predicted molar refractivity (Wildman–Crippen MR) is 123 cm³/mol. The van der Waals surface area contributed by atoms with E-state index in [0.29, 0.717) is 5.71 Å². The van der Waals surface area contributed by atoms with Gasteiger partial charge in [0.25, 0.3) is 0 Å². The Balaban J connectivity index is 1.51. The number of hydrogen-bond acceptors (Lipinski definition) is 5. The molecule has 2 aromatic carbocycles.